The van der Waals surface area contributed by atoms with Gasteiger partial charge < -0.3 is 0 Å². The first-order valence-electron chi connectivity index (χ1n) is 8.47. The molecule has 3 aromatic carbocycles. The molecule has 2 nitrogen and oxygen atoms in total. The first-order valence-corrected chi connectivity index (χ1v) is 9.52. The summed E-state index contributed by atoms with van der Waals surface area (Å²) in [7, 11) is 0. The molecule has 1 aliphatic heterocycles. The molecule has 0 saturated heterocycles. The molecule has 24 heavy (non-hydrogen) atoms. The summed E-state index contributed by atoms with van der Waals surface area (Å²) in [4.78, 5) is 7.54. The van der Waals surface area contributed by atoms with Crippen molar-refractivity contribution < 1.29 is 0 Å². The van der Waals surface area contributed by atoms with E-state index in [1.54, 1.807) is 34.8 Å². The fourth-order valence-electron chi connectivity index (χ4n) is 3.57. The van der Waals surface area contributed by atoms with Crippen molar-refractivity contribution in [2.24, 2.45) is 9.98 Å². The molecule has 0 radical (unpaired) electrons. The summed E-state index contributed by atoms with van der Waals surface area (Å²) in [6, 6.07) is 18.0. The van der Waals surface area contributed by atoms with Crippen LogP contribution >= 0.6 is 11.8 Å². The van der Waals surface area contributed by atoms with Crippen molar-refractivity contribution in [3.05, 3.63) is 59.7 Å². The van der Waals surface area contributed by atoms with Crippen molar-refractivity contribution in [2.75, 3.05) is 5.88 Å². The molecule has 0 aromatic heterocycles. The normalized spacial score (nSPS) is 15.8. The standard InChI is InChI=1S/C18H16.C3H4N2S/c1-3-7-15-13(5-1)9-11-18-16-8-4-2-6-14(16)10-12-17(15)18;1-4-2-6-3-5-1/h1,3,5,7,9-12H,2,4,6,8H2;1-2H,3H2. The molecule has 3 heteroatoms. The Morgan fingerprint density at radius 1 is 0.792 bits per heavy atom. The minimum Gasteiger partial charge on any atom is -0.262 e. The molecule has 2 aliphatic rings. The maximum absolute atomic E-state index is 3.82. The van der Waals surface area contributed by atoms with Crippen LogP contribution in [0.5, 0.6) is 0 Å². The van der Waals surface area contributed by atoms with Gasteiger partial charge in [-0.15, -0.1) is 0 Å². The minimum atomic E-state index is 0.837. The van der Waals surface area contributed by atoms with Gasteiger partial charge in [0.05, 0.1) is 11.4 Å². The lowest BCUT2D eigenvalue weighted by atomic mass is 9.86. The lowest BCUT2D eigenvalue weighted by Crippen LogP contribution is -2.02. The molecule has 0 saturated carbocycles. The van der Waals surface area contributed by atoms with E-state index in [4.69, 9.17) is 0 Å². The number of benzene rings is 3. The summed E-state index contributed by atoms with van der Waals surface area (Å²) in [5.41, 5.74) is 4.96. The van der Waals surface area contributed by atoms with Gasteiger partial charge >= 0.3 is 0 Å². The van der Waals surface area contributed by atoms with Gasteiger partial charge in [0.2, 0.25) is 0 Å². The smallest absolute Gasteiger partial charge is 0.111 e. The van der Waals surface area contributed by atoms with E-state index in [1.807, 2.05) is 0 Å². The van der Waals surface area contributed by atoms with Gasteiger partial charge in [0.25, 0.3) is 0 Å². The monoisotopic (exact) mass is 332 g/mol. The van der Waals surface area contributed by atoms with Crippen LogP contribution in [0.2, 0.25) is 0 Å². The molecule has 0 atom stereocenters. The van der Waals surface area contributed by atoms with Gasteiger partial charge in [-0.3, -0.25) is 4.99 Å². The SMILES string of the molecule is C1=NC=NCS1.c1ccc2c(c1)ccc1c3c(ccc12)CCCC3. The van der Waals surface area contributed by atoms with Crippen molar-refractivity contribution in [2.45, 2.75) is 25.7 Å². The Labute approximate surface area is 146 Å². The molecule has 120 valence electrons. The molecule has 0 N–H and O–H groups in total. The van der Waals surface area contributed by atoms with Crippen LogP contribution in [-0.2, 0) is 12.8 Å². The predicted molar refractivity (Wildman–Crippen MR) is 108 cm³/mol. The van der Waals surface area contributed by atoms with Gasteiger partial charge in [-0.25, -0.2) is 4.99 Å². The summed E-state index contributed by atoms with van der Waals surface area (Å²) in [6.07, 6.45) is 6.78. The topological polar surface area (TPSA) is 24.7 Å². The van der Waals surface area contributed by atoms with Gasteiger partial charge in [0.15, 0.2) is 0 Å². The van der Waals surface area contributed by atoms with Crippen LogP contribution < -0.4 is 0 Å². The van der Waals surface area contributed by atoms with Crippen molar-refractivity contribution in [1.82, 2.24) is 0 Å². The van der Waals surface area contributed by atoms with Gasteiger partial charge in [-0.1, -0.05) is 60.3 Å². The molecule has 0 spiro atoms. The highest BCUT2D eigenvalue weighted by Crippen LogP contribution is 2.33. The van der Waals surface area contributed by atoms with E-state index in [0.717, 1.165) is 5.88 Å². The highest BCUT2D eigenvalue weighted by molar-refractivity contribution is 8.12. The fraction of sp³-hybridized carbons (Fsp3) is 0.238. The molecule has 0 amide bonds. The molecule has 0 unspecified atom stereocenters. The highest BCUT2D eigenvalue weighted by Gasteiger charge is 2.13. The zero-order valence-corrected chi connectivity index (χ0v) is 14.4. The Kier molecular flexibility index (Phi) is 4.61. The minimum absolute atomic E-state index is 0.837. The number of aliphatic imine (C=N–C) groups is 2. The Bertz CT molecular complexity index is 916. The third-order valence-electron chi connectivity index (χ3n) is 4.69. The third kappa shape index (κ3) is 3.09. The molecular weight excluding hydrogens is 312 g/mol. The second-order valence-corrected chi connectivity index (χ2v) is 6.94. The molecule has 1 heterocycles. The summed E-state index contributed by atoms with van der Waals surface area (Å²) < 4.78 is 0. The van der Waals surface area contributed by atoms with E-state index in [-0.39, 0.29) is 0 Å². The fourth-order valence-corrected chi connectivity index (χ4v) is 3.93. The van der Waals surface area contributed by atoms with Crippen LogP contribution in [0.1, 0.15) is 24.0 Å². The summed E-state index contributed by atoms with van der Waals surface area (Å²) in [6.45, 7) is 0. The van der Waals surface area contributed by atoms with E-state index in [2.05, 4.69) is 58.5 Å². The number of rotatable bonds is 0. The van der Waals surface area contributed by atoms with Crippen LogP contribution in [0.25, 0.3) is 21.5 Å². The lowest BCUT2D eigenvalue weighted by molar-refractivity contribution is 0.690. The highest BCUT2D eigenvalue weighted by atomic mass is 32.2. The van der Waals surface area contributed by atoms with E-state index < -0.39 is 0 Å². The van der Waals surface area contributed by atoms with Crippen LogP contribution in [0.4, 0.5) is 0 Å². The van der Waals surface area contributed by atoms with Gasteiger partial charge in [0, 0.05) is 0 Å². The summed E-state index contributed by atoms with van der Waals surface area (Å²) >= 11 is 1.61. The van der Waals surface area contributed by atoms with Gasteiger partial charge in [0.1, 0.15) is 6.34 Å². The average Bonchev–Trinajstić information content (AvgIpc) is 2.69. The van der Waals surface area contributed by atoms with Gasteiger partial charge in [-0.2, -0.15) is 0 Å². The zero-order valence-electron chi connectivity index (χ0n) is 13.6. The molecular formula is C21H20N2S. The Hall–Kier alpha value is -2.13. The van der Waals surface area contributed by atoms with E-state index in [1.165, 1.54) is 47.2 Å². The number of aryl methyl sites for hydroxylation is 2. The first-order chi connectivity index (χ1) is 11.9. The lowest BCUT2D eigenvalue weighted by Gasteiger charge is -2.18. The quantitative estimate of drug-likeness (QED) is 0.490. The van der Waals surface area contributed by atoms with Crippen LogP contribution in [0.3, 0.4) is 0 Å². The molecule has 1 aliphatic carbocycles. The second-order valence-electron chi connectivity index (χ2n) is 6.14. The van der Waals surface area contributed by atoms with Gasteiger partial charge in [-0.05, 0) is 58.4 Å². The number of hydrogen-bond donors (Lipinski definition) is 0. The average molecular weight is 332 g/mol. The van der Waals surface area contributed by atoms with Crippen LogP contribution in [0.15, 0.2) is 58.5 Å². The van der Waals surface area contributed by atoms with Crippen LogP contribution in [-0.4, -0.2) is 17.8 Å². The van der Waals surface area contributed by atoms with E-state index >= 15 is 0 Å². The number of fused-ring (bicyclic) bond motifs is 5. The maximum atomic E-state index is 3.82. The van der Waals surface area contributed by atoms with Crippen LogP contribution in [0, 0.1) is 0 Å². The zero-order chi connectivity index (χ0) is 16.2. The maximum Gasteiger partial charge on any atom is 0.111 e. The van der Waals surface area contributed by atoms with Crippen molar-refractivity contribution in [3.63, 3.8) is 0 Å². The number of thioether (sulfide) groups is 1. The Morgan fingerprint density at radius 2 is 1.67 bits per heavy atom. The van der Waals surface area contributed by atoms with E-state index in [9.17, 15) is 0 Å². The second kappa shape index (κ2) is 7.18. The van der Waals surface area contributed by atoms with E-state index in [0.29, 0.717) is 0 Å². The predicted octanol–water partition coefficient (Wildman–Crippen LogP) is 5.62. The Morgan fingerprint density at radius 3 is 2.46 bits per heavy atom. The first kappa shape index (κ1) is 15.4. The molecule has 0 fully saturated rings. The third-order valence-corrected chi connectivity index (χ3v) is 5.26. The molecule has 5 rings (SSSR count). The number of nitrogens with zero attached hydrogens (tertiary/aromatic N) is 2. The van der Waals surface area contributed by atoms with Crippen molar-refractivity contribution >= 4 is 45.2 Å². The van der Waals surface area contributed by atoms with Crippen molar-refractivity contribution in [3.8, 4) is 0 Å². The number of hydrogen-bond acceptors (Lipinski definition) is 3. The van der Waals surface area contributed by atoms with Crippen molar-refractivity contribution in [1.29, 1.82) is 0 Å². The molecule has 3 aromatic rings. The molecule has 0 bridgehead atoms. The summed E-state index contributed by atoms with van der Waals surface area (Å²) in [5, 5.41) is 5.64. The summed E-state index contributed by atoms with van der Waals surface area (Å²) in [5.74, 6) is 0.837. The largest absolute Gasteiger partial charge is 0.262 e. The Balaban J connectivity index is 0.000000207.